The first-order valence-corrected chi connectivity index (χ1v) is 17.1. The Labute approximate surface area is 253 Å². The number of alkyl halides is 3. The monoisotopic (exact) mass is 634 g/mol. The van der Waals surface area contributed by atoms with Gasteiger partial charge in [0, 0.05) is 28.4 Å². The van der Waals surface area contributed by atoms with Gasteiger partial charge in [-0.2, -0.15) is 13.2 Å². The van der Waals surface area contributed by atoms with Gasteiger partial charge in [0.05, 0.1) is 24.3 Å². The molecule has 0 amide bonds. The van der Waals surface area contributed by atoms with Crippen molar-refractivity contribution in [2.75, 3.05) is 24.4 Å². The molecule has 3 aromatic rings. The molecule has 0 radical (unpaired) electrons. The zero-order chi connectivity index (χ0) is 31.1. The number of hydrogen-bond acceptors (Lipinski definition) is 6. The standard InChI is InChI=1S/C32H33F3O6S2/c1-18-13-22(40-11-4-12-43(3,38)39)14-19(2)30(18)24-7-9-26(32(33,34)35)31-25(24)8-10-27(31)41-21-5-6-23-20(15-29(36)37)17-42-28(23)16-21/h5-7,9,13-14,16,20,27H,4,8,10-12,15,17H2,1-3H3,(H,36,37)/t20-,27?/m1/s1. The molecule has 1 aliphatic heterocycles. The molecule has 2 atom stereocenters. The van der Waals surface area contributed by atoms with E-state index in [1.165, 1.54) is 18.0 Å². The van der Waals surface area contributed by atoms with Crippen molar-refractivity contribution < 1.29 is 41.0 Å². The molecule has 1 aliphatic carbocycles. The number of ether oxygens (including phenoxy) is 2. The van der Waals surface area contributed by atoms with Crippen LogP contribution in [-0.4, -0.2) is 43.9 Å². The zero-order valence-electron chi connectivity index (χ0n) is 24.1. The Morgan fingerprint density at radius 3 is 2.44 bits per heavy atom. The summed E-state index contributed by atoms with van der Waals surface area (Å²) < 4.78 is 77.7. The molecule has 6 nitrogen and oxygen atoms in total. The minimum Gasteiger partial charge on any atom is -0.494 e. The summed E-state index contributed by atoms with van der Waals surface area (Å²) in [4.78, 5) is 12.1. The first-order chi connectivity index (χ1) is 20.2. The van der Waals surface area contributed by atoms with E-state index in [9.17, 15) is 31.5 Å². The molecule has 0 aromatic heterocycles. The maximum absolute atomic E-state index is 14.3. The van der Waals surface area contributed by atoms with E-state index in [1.807, 2.05) is 32.0 Å². The average Bonchev–Trinajstić information content (AvgIpc) is 3.49. The first kappa shape index (κ1) is 31.3. The molecule has 11 heteroatoms. The second-order valence-corrected chi connectivity index (χ2v) is 14.6. The molecule has 43 heavy (non-hydrogen) atoms. The number of aliphatic carboxylic acids is 1. The molecular weight excluding hydrogens is 601 g/mol. The van der Waals surface area contributed by atoms with Crippen molar-refractivity contribution in [3.05, 3.63) is 75.8 Å². The molecule has 0 bridgehead atoms. The maximum Gasteiger partial charge on any atom is 0.416 e. The van der Waals surface area contributed by atoms with Gasteiger partial charge < -0.3 is 14.6 Å². The molecule has 0 saturated heterocycles. The van der Waals surface area contributed by atoms with Gasteiger partial charge in [0.15, 0.2) is 0 Å². The molecular formula is C32H33F3O6S2. The van der Waals surface area contributed by atoms with Crippen LogP contribution in [0.25, 0.3) is 11.1 Å². The fourth-order valence-corrected chi connectivity index (χ4v) is 8.06. The molecule has 1 unspecified atom stereocenters. The van der Waals surface area contributed by atoms with E-state index < -0.39 is 33.7 Å². The number of carboxylic acid groups (broad SMARTS) is 1. The van der Waals surface area contributed by atoms with Crippen LogP contribution in [0.5, 0.6) is 11.5 Å². The molecule has 0 fully saturated rings. The molecule has 230 valence electrons. The highest BCUT2D eigenvalue weighted by atomic mass is 32.2. The largest absolute Gasteiger partial charge is 0.494 e. The topological polar surface area (TPSA) is 89.9 Å². The summed E-state index contributed by atoms with van der Waals surface area (Å²) in [7, 11) is -3.08. The third kappa shape index (κ3) is 6.98. The van der Waals surface area contributed by atoms with E-state index in [2.05, 4.69) is 0 Å². The Bertz CT molecular complexity index is 1640. The van der Waals surface area contributed by atoms with E-state index >= 15 is 0 Å². The van der Waals surface area contributed by atoms with Gasteiger partial charge in [-0.3, -0.25) is 4.79 Å². The summed E-state index contributed by atoms with van der Waals surface area (Å²) in [6.07, 6.45) is -2.97. The van der Waals surface area contributed by atoms with Gasteiger partial charge >= 0.3 is 12.1 Å². The van der Waals surface area contributed by atoms with Crippen molar-refractivity contribution in [1.82, 2.24) is 0 Å². The van der Waals surface area contributed by atoms with Crippen molar-refractivity contribution in [1.29, 1.82) is 0 Å². The Morgan fingerprint density at radius 2 is 1.79 bits per heavy atom. The third-order valence-corrected chi connectivity index (χ3v) is 10.2. The highest BCUT2D eigenvalue weighted by molar-refractivity contribution is 7.99. The lowest BCUT2D eigenvalue weighted by atomic mass is 9.88. The van der Waals surface area contributed by atoms with Crippen molar-refractivity contribution >= 4 is 27.6 Å². The van der Waals surface area contributed by atoms with Gasteiger partial charge in [-0.15, -0.1) is 11.8 Å². The molecule has 2 aliphatic rings. The summed E-state index contributed by atoms with van der Waals surface area (Å²) >= 11 is 1.53. The van der Waals surface area contributed by atoms with Crippen LogP contribution in [0.3, 0.4) is 0 Å². The van der Waals surface area contributed by atoms with Crippen LogP contribution in [0.1, 0.15) is 64.7 Å². The van der Waals surface area contributed by atoms with E-state index in [0.29, 0.717) is 42.1 Å². The summed E-state index contributed by atoms with van der Waals surface area (Å²) in [5.74, 6) is 0.741. The molecule has 1 heterocycles. The number of halogens is 3. The number of thioether (sulfide) groups is 1. The number of sulfone groups is 1. The number of benzene rings is 3. The summed E-state index contributed by atoms with van der Waals surface area (Å²) in [5, 5.41) is 9.20. The van der Waals surface area contributed by atoms with E-state index in [0.717, 1.165) is 38.8 Å². The Hall–Kier alpha value is -3.18. The molecule has 5 rings (SSSR count). The quantitative estimate of drug-likeness (QED) is 0.231. The Kier molecular flexibility index (Phi) is 8.77. The normalized spacial score (nSPS) is 17.9. The lowest BCUT2D eigenvalue weighted by Gasteiger charge is -2.22. The molecule has 1 N–H and O–H groups in total. The van der Waals surface area contributed by atoms with Gasteiger partial charge in [0.25, 0.3) is 0 Å². The van der Waals surface area contributed by atoms with Crippen LogP contribution < -0.4 is 9.47 Å². The SMILES string of the molecule is Cc1cc(OCCCS(C)(=O)=O)cc(C)c1-c1ccc(C(F)(F)F)c2c1CCC2Oc1ccc2c(c1)SC[C@H]2CC(=O)O. The maximum atomic E-state index is 14.3. The number of carboxylic acids is 1. The number of rotatable bonds is 10. The Balaban J connectivity index is 1.44. The van der Waals surface area contributed by atoms with Crippen LogP contribution in [0.4, 0.5) is 13.2 Å². The van der Waals surface area contributed by atoms with E-state index in [-0.39, 0.29) is 30.3 Å². The van der Waals surface area contributed by atoms with Crippen molar-refractivity contribution in [3.63, 3.8) is 0 Å². The third-order valence-electron chi connectivity index (χ3n) is 7.91. The van der Waals surface area contributed by atoms with Crippen molar-refractivity contribution in [2.45, 2.75) is 62.6 Å². The van der Waals surface area contributed by atoms with Crippen LogP contribution >= 0.6 is 11.8 Å². The lowest BCUT2D eigenvalue weighted by molar-refractivity contribution is -0.139. The molecule has 3 aromatic carbocycles. The van der Waals surface area contributed by atoms with Gasteiger partial charge in [0.2, 0.25) is 0 Å². The highest BCUT2D eigenvalue weighted by Gasteiger charge is 2.41. The molecule has 0 spiro atoms. The lowest BCUT2D eigenvalue weighted by Crippen LogP contribution is -2.14. The van der Waals surface area contributed by atoms with Crippen molar-refractivity contribution in [2.24, 2.45) is 0 Å². The number of aryl methyl sites for hydroxylation is 2. The fourth-order valence-electron chi connectivity index (χ4n) is 6.14. The van der Waals surface area contributed by atoms with Crippen LogP contribution in [-0.2, 0) is 27.2 Å². The number of fused-ring (bicyclic) bond motifs is 2. The second kappa shape index (κ2) is 12.1. The Morgan fingerprint density at radius 1 is 1.07 bits per heavy atom. The minimum absolute atomic E-state index is 0.0273. The fraction of sp³-hybridized carbons (Fsp3) is 0.406. The summed E-state index contributed by atoms with van der Waals surface area (Å²) in [6, 6.07) is 11.7. The highest BCUT2D eigenvalue weighted by Crippen LogP contribution is 2.49. The number of carbonyl (C=O) groups is 1. The van der Waals surface area contributed by atoms with Gasteiger partial charge in [-0.1, -0.05) is 12.1 Å². The predicted molar refractivity (Wildman–Crippen MR) is 160 cm³/mol. The van der Waals surface area contributed by atoms with Gasteiger partial charge in [-0.25, -0.2) is 8.42 Å². The van der Waals surface area contributed by atoms with Crippen LogP contribution in [0, 0.1) is 13.8 Å². The van der Waals surface area contributed by atoms with Crippen LogP contribution in [0.15, 0.2) is 47.4 Å². The van der Waals surface area contributed by atoms with Crippen LogP contribution in [0.2, 0.25) is 0 Å². The predicted octanol–water partition coefficient (Wildman–Crippen LogP) is 7.53. The van der Waals surface area contributed by atoms with Gasteiger partial charge in [-0.05, 0) is 96.8 Å². The molecule has 0 saturated carbocycles. The summed E-state index contributed by atoms with van der Waals surface area (Å²) in [6.45, 7) is 4.01. The zero-order valence-corrected chi connectivity index (χ0v) is 25.7. The first-order valence-electron chi connectivity index (χ1n) is 14.0. The van der Waals surface area contributed by atoms with E-state index in [1.54, 1.807) is 18.2 Å². The summed E-state index contributed by atoms with van der Waals surface area (Å²) in [5.41, 5.74) is 4.26. The second-order valence-electron chi connectivity index (χ2n) is 11.3. The van der Waals surface area contributed by atoms with Gasteiger partial charge in [0.1, 0.15) is 27.4 Å². The minimum atomic E-state index is -4.56. The van der Waals surface area contributed by atoms with Crippen molar-refractivity contribution in [3.8, 4) is 22.6 Å². The smallest absolute Gasteiger partial charge is 0.416 e. The average molecular weight is 635 g/mol. The van der Waals surface area contributed by atoms with E-state index in [4.69, 9.17) is 9.47 Å². The number of hydrogen-bond donors (Lipinski definition) is 1.